The van der Waals surface area contributed by atoms with Crippen molar-refractivity contribution in [1.29, 1.82) is 0 Å². The Hall–Kier alpha value is -2.37. The van der Waals surface area contributed by atoms with Gasteiger partial charge in [0.2, 0.25) is 11.8 Å². The monoisotopic (exact) mass is 453 g/mol. The van der Waals surface area contributed by atoms with Crippen LogP contribution in [-0.4, -0.2) is 47.8 Å². The fourth-order valence-corrected chi connectivity index (χ4v) is 5.00. The van der Waals surface area contributed by atoms with Gasteiger partial charge in [0.1, 0.15) is 0 Å². The molecule has 0 radical (unpaired) electrons. The van der Waals surface area contributed by atoms with E-state index >= 15 is 0 Å². The first kappa shape index (κ1) is 22.8. The first-order chi connectivity index (χ1) is 15.4. The molecule has 6 heteroatoms. The Morgan fingerprint density at radius 3 is 2.66 bits per heavy atom. The summed E-state index contributed by atoms with van der Waals surface area (Å²) in [6.45, 7) is 8.14. The number of nitrogens with zero attached hydrogens (tertiary/aromatic N) is 2. The van der Waals surface area contributed by atoms with E-state index in [2.05, 4.69) is 36.2 Å². The van der Waals surface area contributed by atoms with E-state index in [1.54, 1.807) is 12.1 Å². The summed E-state index contributed by atoms with van der Waals surface area (Å²) in [5.74, 6) is 0.258. The molecule has 0 spiro atoms. The topological polar surface area (TPSA) is 52.7 Å². The van der Waals surface area contributed by atoms with Crippen molar-refractivity contribution < 1.29 is 9.59 Å². The van der Waals surface area contributed by atoms with Gasteiger partial charge >= 0.3 is 0 Å². The molecule has 0 saturated carbocycles. The lowest BCUT2D eigenvalue weighted by molar-refractivity contribution is -0.138. The van der Waals surface area contributed by atoms with E-state index in [0.717, 1.165) is 38.9 Å². The van der Waals surface area contributed by atoms with Gasteiger partial charge in [-0.15, -0.1) is 0 Å². The van der Waals surface area contributed by atoms with Crippen molar-refractivity contribution in [3.8, 4) is 0 Å². The highest BCUT2D eigenvalue weighted by molar-refractivity contribution is 6.30. The quantitative estimate of drug-likeness (QED) is 0.720. The molecule has 170 valence electrons. The Kier molecular flexibility index (Phi) is 7.17. The highest BCUT2D eigenvalue weighted by atomic mass is 35.5. The average molecular weight is 454 g/mol. The van der Waals surface area contributed by atoms with Crippen molar-refractivity contribution in [2.24, 2.45) is 5.92 Å². The minimum atomic E-state index is -0.0287. The number of aryl methyl sites for hydroxylation is 2. The van der Waals surface area contributed by atoms with Crippen molar-refractivity contribution in [3.63, 3.8) is 0 Å². The Morgan fingerprint density at radius 1 is 1.09 bits per heavy atom. The molecule has 2 amide bonds. The third kappa shape index (κ3) is 5.51. The normalized spacial score (nSPS) is 18.8. The molecule has 32 heavy (non-hydrogen) atoms. The summed E-state index contributed by atoms with van der Waals surface area (Å²) >= 11 is 5.98. The van der Waals surface area contributed by atoms with Gasteiger partial charge in [-0.3, -0.25) is 9.59 Å². The molecule has 2 aromatic rings. The molecule has 0 bridgehead atoms. The fraction of sp³-hybridized carbons (Fsp3) is 0.462. The number of rotatable bonds is 5. The molecule has 1 atom stereocenters. The molecule has 5 nitrogen and oxygen atoms in total. The number of anilines is 1. The van der Waals surface area contributed by atoms with Gasteiger partial charge in [-0.05, 0) is 80.1 Å². The zero-order valence-electron chi connectivity index (χ0n) is 19.0. The number of hydrogen-bond acceptors (Lipinski definition) is 3. The summed E-state index contributed by atoms with van der Waals surface area (Å²) in [6, 6.07) is 11.7. The lowest BCUT2D eigenvalue weighted by atomic mass is 9.92. The lowest BCUT2D eigenvalue weighted by Gasteiger charge is -2.37. The third-order valence-electron chi connectivity index (χ3n) is 6.76. The van der Waals surface area contributed by atoms with Gasteiger partial charge in [-0.25, -0.2) is 0 Å². The molecule has 0 aromatic heterocycles. The molecular formula is C26H32ClN3O2. The Balaban J connectivity index is 1.29. The van der Waals surface area contributed by atoms with Crippen LogP contribution in [0, 0.1) is 19.8 Å². The molecule has 2 heterocycles. The van der Waals surface area contributed by atoms with E-state index in [4.69, 9.17) is 11.6 Å². The second-order valence-electron chi connectivity index (χ2n) is 9.16. The first-order valence-corrected chi connectivity index (χ1v) is 11.9. The summed E-state index contributed by atoms with van der Waals surface area (Å²) in [5, 5.41) is 3.50. The fourth-order valence-electron chi connectivity index (χ4n) is 4.81. The number of hydrogen-bond donors (Lipinski definition) is 1. The second kappa shape index (κ2) is 10.1. The molecule has 0 aliphatic carbocycles. The van der Waals surface area contributed by atoms with Crippen molar-refractivity contribution >= 4 is 29.1 Å². The SMILES string of the molecule is Cc1cc2c(cc1C)CN(C(=O)C1CCCN(CCC(=O)Nc3cccc(Cl)c3)C1)CC2. The van der Waals surface area contributed by atoms with Gasteiger partial charge in [-0.1, -0.05) is 29.8 Å². The van der Waals surface area contributed by atoms with Crippen LogP contribution in [0.25, 0.3) is 0 Å². The lowest BCUT2D eigenvalue weighted by Crippen LogP contribution is -2.46. The number of piperidine rings is 1. The van der Waals surface area contributed by atoms with E-state index in [0.29, 0.717) is 30.2 Å². The summed E-state index contributed by atoms with van der Waals surface area (Å²) in [6.07, 6.45) is 3.26. The minimum Gasteiger partial charge on any atom is -0.338 e. The van der Waals surface area contributed by atoms with Crippen LogP contribution in [0.3, 0.4) is 0 Å². The largest absolute Gasteiger partial charge is 0.338 e. The minimum absolute atomic E-state index is 0.0211. The molecule has 2 aliphatic heterocycles. The summed E-state index contributed by atoms with van der Waals surface area (Å²) in [4.78, 5) is 29.9. The molecular weight excluding hydrogens is 422 g/mol. The molecule has 1 unspecified atom stereocenters. The Labute approximate surface area is 195 Å². The Morgan fingerprint density at radius 2 is 1.88 bits per heavy atom. The van der Waals surface area contributed by atoms with Crippen LogP contribution >= 0.6 is 11.6 Å². The van der Waals surface area contributed by atoms with Crippen LogP contribution in [0.15, 0.2) is 36.4 Å². The van der Waals surface area contributed by atoms with E-state index < -0.39 is 0 Å². The van der Waals surface area contributed by atoms with Gasteiger partial charge in [-0.2, -0.15) is 0 Å². The van der Waals surface area contributed by atoms with E-state index in [9.17, 15) is 9.59 Å². The van der Waals surface area contributed by atoms with Crippen LogP contribution < -0.4 is 5.32 Å². The van der Waals surface area contributed by atoms with Crippen molar-refractivity contribution in [1.82, 2.24) is 9.80 Å². The molecule has 2 aliphatic rings. The van der Waals surface area contributed by atoms with Crippen molar-refractivity contribution in [2.45, 2.75) is 46.1 Å². The predicted molar refractivity (Wildman–Crippen MR) is 129 cm³/mol. The van der Waals surface area contributed by atoms with Crippen LogP contribution in [-0.2, 0) is 22.6 Å². The van der Waals surface area contributed by atoms with Gasteiger partial charge in [0.05, 0.1) is 5.92 Å². The number of benzene rings is 2. The van der Waals surface area contributed by atoms with E-state index in [-0.39, 0.29) is 17.7 Å². The maximum Gasteiger partial charge on any atom is 0.227 e. The number of carbonyl (C=O) groups is 2. The molecule has 4 rings (SSSR count). The van der Waals surface area contributed by atoms with Gasteiger partial charge < -0.3 is 15.1 Å². The second-order valence-corrected chi connectivity index (χ2v) is 9.60. The number of amides is 2. The first-order valence-electron chi connectivity index (χ1n) is 11.5. The summed E-state index contributed by atoms with van der Waals surface area (Å²) in [7, 11) is 0. The highest BCUT2D eigenvalue weighted by Crippen LogP contribution is 2.26. The Bertz CT molecular complexity index is 1010. The number of nitrogens with one attached hydrogen (secondary N) is 1. The number of carbonyl (C=O) groups excluding carboxylic acids is 2. The highest BCUT2D eigenvalue weighted by Gasteiger charge is 2.31. The van der Waals surface area contributed by atoms with E-state index in [1.165, 1.54) is 22.3 Å². The number of halogens is 1. The van der Waals surface area contributed by atoms with Gasteiger partial charge in [0.25, 0.3) is 0 Å². The standard InChI is InChI=1S/C26H32ClN3O2/c1-18-13-20-8-12-30(17-22(20)14-19(18)2)26(32)21-5-4-10-29(16-21)11-9-25(31)28-24-7-3-6-23(27)15-24/h3,6-7,13-15,21H,4-5,8-12,16-17H2,1-2H3,(H,28,31). The summed E-state index contributed by atoms with van der Waals surface area (Å²) < 4.78 is 0. The van der Waals surface area contributed by atoms with E-state index in [1.807, 2.05) is 17.0 Å². The molecule has 1 fully saturated rings. The van der Waals surface area contributed by atoms with Crippen LogP contribution in [0.5, 0.6) is 0 Å². The van der Waals surface area contributed by atoms with Crippen LogP contribution in [0.1, 0.15) is 41.5 Å². The molecule has 1 saturated heterocycles. The maximum absolute atomic E-state index is 13.3. The van der Waals surface area contributed by atoms with Crippen LogP contribution in [0.2, 0.25) is 5.02 Å². The third-order valence-corrected chi connectivity index (χ3v) is 6.99. The maximum atomic E-state index is 13.3. The predicted octanol–water partition coefficient (Wildman–Crippen LogP) is 4.58. The number of fused-ring (bicyclic) bond motifs is 1. The average Bonchev–Trinajstić information content (AvgIpc) is 2.78. The molecule has 2 aromatic carbocycles. The molecule has 1 N–H and O–H groups in total. The zero-order chi connectivity index (χ0) is 22.7. The smallest absolute Gasteiger partial charge is 0.227 e. The van der Waals surface area contributed by atoms with Crippen LogP contribution in [0.4, 0.5) is 5.69 Å². The summed E-state index contributed by atoms with van der Waals surface area (Å²) in [5.41, 5.74) is 6.00. The number of likely N-dealkylation sites (tertiary alicyclic amines) is 1. The van der Waals surface area contributed by atoms with Crippen molar-refractivity contribution in [3.05, 3.63) is 63.7 Å². The van der Waals surface area contributed by atoms with Gasteiger partial charge in [0.15, 0.2) is 0 Å². The van der Waals surface area contributed by atoms with Gasteiger partial charge in [0, 0.05) is 43.3 Å². The zero-order valence-corrected chi connectivity index (χ0v) is 19.8. The van der Waals surface area contributed by atoms with Crippen molar-refractivity contribution in [2.75, 3.05) is 31.5 Å².